The van der Waals surface area contributed by atoms with Gasteiger partial charge in [-0.25, -0.2) is 0 Å². The summed E-state index contributed by atoms with van der Waals surface area (Å²) in [5.41, 5.74) is 0. The molecule has 0 amide bonds. The van der Waals surface area contributed by atoms with Crippen LogP contribution < -0.4 is 0 Å². The van der Waals surface area contributed by atoms with Gasteiger partial charge in [-0.1, -0.05) is 0 Å². The third-order valence-corrected chi connectivity index (χ3v) is 0. The Labute approximate surface area is 91.8 Å². The topological polar surface area (TPSA) is 142 Å². The van der Waals surface area contributed by atoms with Gasteiger partial charge in [0.25, 0.3) is 0 Å². The second-order valence-corrected chi connectivity index (χ2v) is 0. The Kier molecular flexibility index (Phi) is 3940. The largest absolute Gasteiger partial charge is 4.00 e. The van der Waals surface area contributed by atoms with E-state index >= 15 is 0 Å². The molecule has 0 aromatic carbocycles. The van der Waals surface area contributed by atoms with Crippen LogP contribution in [0.1, 0.15) is 0 Å². The first-order chi connectivity index (χ1) is 0. The molecule has 0 spiro atoms. The molecule has 0 saturated heterocycles. The van der Waals surface area contributed by atoms with Gasteiger partial charge in [0.15, 0.2) is 0 Å². The maximum absolute atomic E-state index is 0. The van der Waals surface area contributed by atoms with Crippen LogP contribution in [0.2, 0.25) is 0 Å². The molecule has 0 aliphatic rings. The van der Waals surface area contributed by atoms with Crippen molar-refractivity contribution in [2.24, 2.45) is 0 Å². The molecule has 0 N–H and O–H groups in total. The summed E-state index contributed by atoms with van der Waals surface area (Å²) in [6.07, 6.45) is 0. The number of rotatable bonds is 0. The molecule has 40 valence electrons. The van der Waals surface area contributed by atoms with Crippen molar-refractivity contribution in [1.82, 2.24) is 0 Å². The first kappa shape index (κ1) is 211. The normalized spacial score (nSPS) is 0. The van der Waals surface area contributed by atoms with Crippen LogP contribution in [-0.2, 0) is 92.5 Å². The van der Waals surface area contributed by atoms with Crippen molar-refractivity contribution < 1.29 is 92.5 Å². The Bertz CT molecular complexity index is 7.64. The molecule has 0 fully saturated rings. The van der Waals surface area contributed by atoms with Gasteiger partial charge in [0.05, 0.1) is 0 Å². The van der Waals surface area contributed by atoms with E-state index in [1.54, 1.807) is 0 Å². The van der Waals surface area contributed by atoms with Crippen LogP contribution in [0.4, 0.5) is 0 Å². The van der Waals surface area contributed by atoms with Gasteiger partial charge in [-0.15, -0.1) is 0 Å². The zero-order valence-electron chi connectivity index (χ0n) is 3.54. The molecule has 0 aromatic heterocycles. The van der Waals surface area contributed by atoms with Crippen LogP contribution in [0.25, 0.3) is 0 Å². The predicted octanol–water partition coefficient (Wildman–Crippen LogP) is -0.601. The summed E-state index contributed by atoms with van der Waals surface area (Å²) in [5, 5.41) is 0. The monoisotopic (exact) mass is 224 g/mol. The Morgan fingerprint density at radius 3 is 0.250 bits per heavy atom. The minimum absolute atomic E-state index is 0. The van der Waals surface area contributed by atoms with Gasteiger partial charge in [-0.05, 0) is 0 Å². The summed E-state index contributed by atoms with van der Waals surface area (Å²) >= 11 is 0. The van der Waals surface area contributed by atoms with Gasteiger partial charge in [0.2, 0.25) is 0 Å². The predicted molar refractivity (Wildman–Crippen MR) is 3.43 cm³/mol. The van der Waals surface area contributed by atoms with Crippen molar-refractivity contribution in [1.29, 1.82) is 0 Å². The fourth-order valence-corrected chi connectivity index (χ4v) is 0. The number of hydrogen-bond acceptors (Lipinski definition) is 0. The summed E-state index contributed by atoms with van der Waals surface area (Å²) < 4.78 is 0. The minimum Gasteiger partial charge on any atom is -2.00 e. The van der Waals surface area contributed by atoms with E-state index in [1.165, 1.54) is 0 Å². The van der Waals surface area contributed by atoms with Gasteiger partial charge in [0.1, 0.15) is 0 Å². The van der Waals surface area contributed by atoms with Gasteiger partial charge >= 0.3 is 65.2 Å². The van der Waals surface area contributed by atoms with Gasteiger partial charge < -0.3 is 27.4 Å². The quantitative estimate of drug-likeness (QED) is 0.483. The maximum atomic E-state index is 0. The standard InChI is InChI=1S/5O.3Ti/q5*-2;3*+4. The molecule has 0 unspecified atom stereocenters. The van der Waals surface area contributed by atoms with Crippen LogP contribution in [0, 0.1) is 0 Å². The van der Waals surface area contributed by atoms with E-state index in [4.69, 9.17) is 0 Å². The van der Waals surface area contributed by atoms with Gasteiger partial charge in [-0.3, -0.25) is 0 Å². The summed E-state index contributed by atoms with van der Waals surface area (Å²) in [5.74, 6) is 0. The Hall–Kier alpha value is 1.94. The minimum atomic E-state index is 0. The van der Waals surface area contributed by atoms with E-state index in [9.17, 15) is 0 Å². The van der Waals surface area contributed by atoms with Crippen LogP contribution in [0.3, 0.4) is 0 Å². The summed E-state index contributed by atoms with van der Waals surface area (Å²) in [6, 6.07) is 0. The maximum Gasteiger partial charge on any atom is 4.00 e. The number of hydrogen-bond donors (Lipinski definition) is 0. The fraction of sp³-hybridized carbons (Fsp3) is 0. The summed E-state index contributed by atoms with van der Waals surface area (Å²) in [6.45, 7) is 0. The van der Waals surface area contributed by atoms with Crippen LogP contribution >= 0.6 is 0 Å². The Morgan fingerprint density at radius 2 is 0.250 bits per heavy atom. The van der Waals surface area contributed by atoms with E-state index in [-0.39, 0.29) is 92.5 Å². The van der Waals surface area contributed by atoms with Crippen molar-refractivity contribution in [2.75, 3.05) is 0 Å². The van der Waals surface area contributed by atoms with Crippen molar-refractivity contribution in [3.05, 3.63) is 0 Å². The molecule has 0 radical (unpaired) electrons. The summed E-state index contributed by atoms with van der Waals surface area (Å²) in [4.78, 5) is 0. The van der Waals surface area contributed by atoms with Gasteiger partial charge in [-0.2, -0.15) is 0 Å². The van der Waals surface area contributed by atoms with E-state index in [0.717, 1.165) is 0 Å². The van der Waals surface area contributed by atoms with E-state index in [2.05, 4.69) is 0 Å². The van der Waals surface area contributed by atoms with Crippen molar-refractivity contribution >= 4 is 0 Å². The second kappa shape index (κ2) is 149. The van der Waals surface area contributed by atoms with Crippen molar-refractivity contribution in [2.45, 2.75) is 0 Å². The zero-order valence-corrected chi connectivity index (χ0v) is 8.23. The second-order valence-electron chi connectivity index (χ2n) is 0. The summed E-state index contributed by atoms with van der Waals surface area (Å²) in [7, 11) is 0. The molecule has 5 nitrogen and oxygen atoms in total. The molecular weight excluding hydrogens is 224 g/mol. The Morgan fingerprint density at radius 1 is 0.250 bits per heavy atom. The first-order valence-electron chi connectivity index (χ1n) is 0. The molecule has 0 rings (SSSR count). The molecule has 0 atom stereocenters. The van der Waals surface area contributed by atoms with Crippen LogP contribution in [0.5, 0.6) is 0 Å². The molecule has 0 bridgehead atoms. The van der Waals surface area contributed by atoms with E-state index in [1.807, 2.05) is 0 Å². The molecule has 0 aliphatic carbocycles. The molecule has 8 heteroatoms. The third-order valence-electron chi connectivity index (χ3n) is 0. The van der Waals surface area contributed by atoms with Crippen LogP contribution in [0.15, 0.2) is 0 Å². The van der Waals surface area contributed by atoms with E-state index < -0.39 is 0 Å². The third kappa shape index (κ3) is 101. The van der Waals surface area contributed by atoms with Crippen molar-refractivity contribution in [3.8, 4) is 0 Å². The molecule has 0 aromatic rings. The molecule has 8 heavy (non-hydrogen) atoms. The average Bonchev–Trinajstić information content (AvgIpc) is 0. The van der Waals surface area contributed by atoms with Gasteiger partial charge in [0, 0.05) is 0 Å². The SMILES string of the molecule is [O-2].[O-2].[O-2].[O-2].[O-2].[Ti+4].[Ti+4].[Ti+4]. The molecule has 0 heterocycles. The average molecular weight is 224 g/mol. The molecule has 0 saturated carbocycles. The fourth-order valence-electron chi connectivity index (χ4n) is 0. The van der Waals surface area contributed by atoms with Crippen LogP contribution in [-0.4, -0.2) is 0 Å². The molecular formula is O5Ti3+2. The van der Waals surface area contributed by atoms with E-state index in [0.29, 0.717) is 0 Å². The Balaban J connectivity index is 0. The first-order valence-corrected chi connectivity index (χ1v) is 0. The van der Waals surface area contributed by atoms with Crippen molar-refractivity contribution in [3.63, 3.8) is 0 Å². The smallest absolute Gasteiger partial charge is 2.00 e. The zero-order chi connectivity index (χ0) is 0. The molecule has 0 aliphatic heterocycles.